The smallest absolute Gasteiger partial charge is 0.223 e. The van der Waals surface area contributed by atoms with Crippen LogP contribution in [0.2, 0.25) is 0 Å². The molecule has 28 heavy (non-hydrogen) atoms. The van der Waals surface area contributed by atoms with E-state index in [1.807, 2.05) is 49.4 Å². The maximum atomic E-state index is 4.62. The predicted octanol–water partition coefficient (Wildman–Crippen LogP) is 3.76. The third kappa shape index (κ3) is 3.98. The quantitative estimate of drug-likeness (QED) is 0.429. The number of aromatic nitrogens is 5. The Hall–Kier alpha value is -3.74. The van der Waals surface area contributed by atoms with Gasteiger partial charge in [0.2, 0.25) is 5.95 Å². The summed E-state index contributed by atoms with van der Waals surface area (Å²) >= 11 is 0. The number of aromatic amines is 1. The summed E-state index contributed by atoms with van der Waals surface area (Å²) in [6.07, 6.45) is 3.51. The zero-order chi connectivity index (χ0) is 19.2. The maximum Gasteiger partial charge on any atom is 0.223 e. The maximum absolute atomic E-state index is 4.62. The number of nitrogens with one attached hydrogen (secondary N) is 3. The summed E-state index contributed by atoms with van der Waals surface area (Å²) in [5.74, 6) is 1.43. The summed E-state index contributed by atoms with van der Waals surface area (Å²) in [6, 6.07) is 17.8. The molecule has 0 saturated heterocycles. The Morgan fingerprint density at radius 1 is 0.857 bits per heavy atom. The second kappa shape index (κ2) is 8.30. The van der Waals surface area contributed by atoms with E-state index in [1.165, 1.54) is 0 Å². The topological polar surface area (TPSA) is 91.4 Å². The van der Waals surface area contributed by atoms with Gasteiger partial charge in [-0.05, 0) is 25.1 Å². The Morgan fingerprint density at radius 3 is 2.50 bits per heavy atom. The molecule has 7 nitrogen and oxygen atoms in total. The fraction of sp³-hybridized carbons (Fsp3) is 0.143. The first-order valence-electron chi connectivity index (χ1n) is 9.14. The second-order valence-corrected chi connectivity index (χ2v) is 6.27. The van der Waals surface area contributed by atoms with Gasteiger partial charge in [-0.1, -0.05) is 36.4 Å². The number of hydrogen-bond acceptors (Lipinski definition) is 6. The van der Waals surface area contributed by atoms with Crippen LogP contribution in [0.5, 0.6) is 0 Å². The van der Waals surface area contributed by atoms with Crippen LogP contribution in [0.15, 0.2) is 67.0 Å². The number of pyridine rings is 1. The van der Waals surface area contributed by atoms with Crippen LogP contribution in [0.25, 0.3) is 22.6 Å². The molecule has 1 aromatic carbocycles. The monoisotopic (exact) mass is 371 g/mol. The molecule has 0 atom stereocenters. The highest BCUT2D eigenvalue weighted by Crippen LogP contribution is 2.28. The lowest BCUT2D eigenvalue weighted by Gasteiger charge is -2.08. The van der Waals surface area contributed by atoms with E-state index in [9.17, 15) is 0 Å². The van der Waals surface area contributed by atoms with Crippen LogP contribution >= 0.6 is 0 Å². The summed E-state index contributed by atoms with van der Waals surface area (Å²) in [6.45, 7) is 3.44. The highest BCUT2D eigenvalue weighted by Gasteiger charge is 2.13. The lowest BCUT2D eigenvalue weighted by molar-refractivity contribution is 1.01. The third-order valence-electron chi connectivity index (χ3n) is 4.35. The number of H-pyrrole nitrogens is 1. The normalized spacial score (nSPS) is 10.6. The molecule has 4 rings (SSSR count). The van der Waals surface area contributed by atoms with Gasteiger partial charge in [-0.25, -0.2) is 15.0 Å². The molecule has 3 N–H and O–H groups in total. The summed E-state index contributed by atoms with van der Waals surface area (Å²) in [5.41, 5.74) is 4.78. The fourth-order valence-corrected chi connectivity index (χ4v) is 2.94. The van der Waals surface area contributed by atoms with Gasteiger partial charge in [0, 0.05) is 36.6 Å². The lowest BCUT2D eigenvalue weighted by atomic mass is 10.1. The Labute approximate surface area is 163 Å². The van der Waals surface area contributed by atoms with E-state index < -0.39 is 0 Å². The van der Waals surface area contributed by atoms with Gasteiger partial charge >= 0.3 is 0 Å². The van der Waals surface area contributed by atoms with Crippen LogP contribution in [0, 0.1) is 6.92 Å². The van der Waals surface area contributed by atoms with Gasteiger partial charge < -0.3 is 10.6 Å². The highest BCUT2D eigenvalue weighted by atomic mass is 15.2. The molecule has 7 heteroatoms. The van der Waals surface area contributed by atoms with Crippen molar-refractivity contribution in [1.29, 1.82) is 0 Å². The minimum absolute atomic E-state index is 0.579. The van der Waals surface area contributed by atoms with E-state index in [0.29, 0.717) is 19.0 Å². The zero-order valence-corrected chi connectivity index (χ0v) is 15.6. The molecule has 0 aliphatic heterocycles. The Bertz CT molecular complexity index is 1030. The Kier molecular flexibility index (Phi) is 5.24. The predicted molar refractivity (Wildman–Crippen MR) is 111 cm³/mol. The van der Waals surface area contributed by atoms with Gasteiger partial charge in [0.05, 0.1) is 17.1 Å². The number of nitrogens with zero attached hydrogens (tertiary/aromatic N) is 4. The van der Waals surface area contributed by atoms with Crippen molar-refractivity contribution in [3.63, 3.8) is 0 Å². The van der Waals surface area contributed by atoms with Gasteiger partial charge in [0.1, 0.15) is 5.82 Å². The second-order valence-electron chi connectivity index (χ2n) is 6.27. The van der Waals surface area contributed by atoms with Crippen molar-refractivity contribution >= 4 is 11.8 Å². The molecule has 0 unspecified atom stereocenters. The number of hydrogen-bond donors (Lipinski definition) is 3. The van der Waals surface area contributed by atoms with Crippen LogP contribution in [-0.4, -0.2) is 38.2 Å². The van der Waals surface area contributed by atoms with E-state index in [-0.39, 0.29) is 0 Å². The van der Waals surface area contributed by atoms with E-state index in [1.54, 1.807) is 12.4 Å². The first-order valence-corrected chi connectivity index (χ1v) is 9.14. The van der Waals surface area contributed by atoms with E-state index in [2.05, 4.69) is 47.9 Å². The first kappa shape index (κ1) is 17.7. The van der Waals surface area contributed by atoms with E-state index >= 15 is 0 Å². The molecule has 0 spiro atoms. The van der Waals surface area contributed by atoms with Gasteiger partial charge in [0.25, 0.3) is 0 Å². The van der Waals surface area contributed by atoms with Crippen molar-refractivity contribution in [2.24, 2.45) is 0 Å². The summed E-state index contributed by atoms with van der Waals surface area (Å²) in [4.78, 5) is 13.2. The molecular weight excluding hydrogens is 350 g/mol. The number of benzene rings is 1. The van der Waals surface area contributed by atoms with Crippen molar-refractivity contribution in [2.45, 2.75) is 6.92 Å². The molecule has 140 valence electrons. The van der Waals surface area contributed by atoms with Gasteiger partial charge in [0.15, 0.2) is 0 Å². The summed E-state index contributed by atoms with van der Waals surface area (Å²) in [7, 11) is 0. The largest absolute Gasteiger partial charge is 0.368 e. The van der Waals surface area contributed by atoms with Gasteiger partial charge in [-0.15, -0.1) is 0 Å². The van der Waals surface area contributed by atoms with Gasteiger partial charge in [-0.2, -0.15) is 5.10 Å². The SMILES string of the molecule is Cc1c(-c2ccccc2)n[nH]c1-c1ccnc(NCCNc2ccccn2)n1. The molecule has 3 aromatic heterocycles. The van der Waals surface area contributed by atoms with Crippen molar-refractivity contribution in [2.75, 3.05) is 23.7 Å². The fourth-order valence-electron chi connectivity index (χ4n) is 2.94. The molecule has 0 saturated carbocycles. The van der Waals surface area contributed by atoms with Crippen molar-refractivity contribution < 1.29 is 0 Å². The lowest BCUT2D eigenvalue weighted by Crippen LogP contribution is -2.15. The number of rotatable bonds is 7. The molecule has 0 fully saturated rings. The number of anilines is 2. The van der Waals surface area contributed by atoms with Crippen molar-refractivity contribution in [3.05, 3.63) is 72.6 Å². The van der Waals surface area contributed by atoms with Crippen LogP contribution in [0.4, 0.5) is 11.8 Å². The average molecular weight is 371 g/mol. The van der Waals surface area contributed by atoms with Gasteiger partial charge in [-0.3, -0.25) is 5.10 Å². The summed E-state index contributed by atoms with van der Waals surface area (Å²) < 4.78 is 0. The zero-order valence-electron chi connectivity index (χ0n) is 15.6. The Balaban J connectivity index is 1.43. The average Bonchev–Trinajstić information content (AvgIpc) is 3.14. The van der Waals surface area contributed by atoms with Crippen molar-refractivity contribution in [1.82, 2.24) is 25.1 Å². The van der Waals surface area contributed by atoms with Crippen molar-refractivity contribution in [3.8, 4) is 22.6 Å². The van der Waals surface area contributed by atoms with Crippen LogP contribution < -0.4 is 10.6 Å². The first-order chi connectivity index (χ1) is 13.8. The molecule has 0 aliphatic rings. The molecule has 0 amide bonds. The summed E-state index contributed by atoms with van der Waals surface area (Å²) in [5, 5.41) is 14.1. The molecule has 3 heterocycles. The molecule has 4 aromatic rings. The van der Waals surface area contributed by atoms with Crippen LogP contribution in [0.3, 0.4) is 0 Å². The molecule has 0 bridgehead atoms. The molecule has 0 aliphatic carbocycles. The van der Waals surface area contributed by atoms with Crippen LogP contribution in [0.1, 0.15) is 5.56 Å². The highest BCUT2D eigenvalue weighted by molar-refractivity contribution is 5.72. The molecular formula is C21H21N7. The van der Waals surface area contributed by atoms with E-state index in [0.717, 1.165) is 34.0 Å². The minimum Gasteiger partial charge on any atom is -0.368 e. The van der Waals surface area contributed by atoms with Crippen LogP contribution in [-0.2, 0) is 0 Å². The molecule has 0 radical (unpaired) electrons. The standard InChI is InChI=1S/C21H21N7/c1-15-19(16-7-3-2-4-8-16)27-28-20(15)17-10-12-24-21(26-17)25-14-13-23-18-9-5-6-11-22-18/h2-12H,13-14H2,1H3,(H,22,23)(H,27,28)(H,24,25,26). The van der Waals surface area contributed by atoms with E-state index in [4.69, 9.17) is 0 Å². The third-order valence-corrected chi connectivity index (χ3v) is 4.35. The Morgan fingerprint density at radius 2 is 1.68 bits per heavy atom. The minimum atomic E-state index is 0.579.